The zero-order valence-electron chi connectivity index (χ0n) is 16.9. The van der Waals surface area contributed by atoms with Crippen LogP contribution in [0.25, 0.3) is 0 Å². The van der Waals surface area contributed by atoms with Crippen LogP contribution in [0.15, 0.2) is 52.1 Å². The minimum Gasteiger partial charge on any atom is -0.491 e. The third-order valence-corrected chi connectivity index (χ3v) is 3.85. The number of guanidine groups is 1. The van der Waals surface area contributed by atoms with E-state index in [0.29, 0.717) is 12.5 Å². The highest BCUT2D eigenvalue weighted by molar-refractivity contribution is 14.0. The van der Waals surface area contributed by atoms with Crippen LogP contribution in [0.5, 0.6) is 5.75 Å². The molecule has 1 unspecified atom stereocenters. The number of rotatable bonds is 10. The van der Waals surface area contributed by atoms with Crippen LogP contribution in [0.2, 0.25) is 0 Å². The van der Waals surface area contributed by atoms with Crippen LogP contribution in [-0.4, -0.2) is 36.8 Å². The molecular weight excluding hydrogens is 469 g/mol. The molecule has 0 radical (unpaired) electrons. The van der Waals surface area contributed by atoms with E-state index in [2.05, 4.69) is 22.5 Å². The molecule has 1 heterocycles. The van der Waals surface area contributed by atoms with Gasteiger partial charge in [-0.2, -0.15) is 0 Å². The second-order valence-corrected chi connectivity index (χ2v) is 6.62. The van der Waals surface area contributed by atoms with Crippen molar-refractivity contribution >= 4 is 29.9 Å². The second kappa shape index (κ2) is 13.4. The smallest absolute Gasteiger partial charge is 0.191 e. The monoisotopic (exact) mass is 501 g/mol. The lowest BCUT2D eigenvalue weighted by molar-refractivity contribution is 0.186. The summed E-state index contributed by atoms with van der Waals surface area (Å²) in [4.78, 5) is 4.51. The number of furan rings is 1. The van der Waals surface area contributed by atoms with Crippen molar-refractivity contribution < 1.29 is 14.3 Å². The van der Waals surface area contributed by atoms with Crippen LogP contribution in [0.3, 0.4) is 0 Å². The molecule has 156 valence electrons. The largest absolute Gasteiger partial charge is 0.491 e. The summed E-state index contributed by atoms with van der Waals surface area (Å²) in [5.74, 6) is 2.43. The topological polar surface area (TPSA) is 79.0 Å². The number of hydrogen-bond donors (Lipinski definition) is 3. The number of nitrogens with zero attached hydrogens (tertiary/aromatic N) is 1. The Labute approximate surface area is 184 Å². The van der Waals surface area contributed by atoms with Gasteiger partial charge in [0, 0.05) is 19.5 Å². The van der Waals surface area contributed by atoms with Crippen molar-refractivity contribution in [3.63, 3.8) is 0 Å². The molecular formula is C21H32IN3O3. The molecule has 0 saturated carbocycles. The molecule has 0 aliphatic carbocycles. The van der Waals surface area contributed by atoms with E-state index in [-0.39, 0.29) is 36.6 Å². The molecule has 1 atom stereocenters. The summed E-state index contributed by atoms with van der Waals surface area (Å²) in [5.41, 5.74) is 0.820. The van der Waals surface area contributed by atoms with Crippen LogP contribution < -0.4 is 15.4 Å². The summed E-state index contributed by atoms with van der Waals surface area (Å²) < 4.78 is 11.0. The highest BCUT2D eigenvalue weighted by atomic mass is 127. The number of aliphatic hydroxyl groups is 1. The van der Waals surface area contributed by atoms with Crippen molar-refractivity contribution in [2.45, 2.75) is 45.8 Å². The average molecular weight is 501 g/mol. The SMILES string of the molecule is CCCNC(=NCC(O)c1ccc(OC(C)C)cc1)NCCc1ccco1.I. The number of benzene rings is 1. The summed E-state index contributed by atoms with van der Waals surface area (Å²) in [6, 6.07) is 11.3. The van der Waals surface area contributed by atoms with Gasteiger partial charge >= 0.3 is 0 Å². The highest BCUT2D eigenvalue weighted by Crippen LogP contribution is 2.19. The van der Waals surface area contributed by atoms with Crippen LogP contribution in [-0.2, 0) is 6.42 Å². The Kier molecular flexibility index (Phi) is 11.7. The maximum atomic E-state index is 10.4. The Bertz CT molecular complexity index is 673. The van der Waals surface area contributed by atoms with E-state index in [9.17, 15) is 5.11 Å². The molecule has 0 amide bonds. The first-order chi connectivity index (χ1) is 13.1. The lowest BCUT2D eigenvalue weighted by atomic mass is 10.1. The molecule has 0 bridgehead atoms. The van der Waals surface area contributed by atoms with Crippen molar-refractivity contribution in [3.05, 3.63) is 54.0 Å². The maximum Gasteiger partial charge on any atom is 0.191 e. The van der Waals surface area contributed by atoms with E-state index in [0.717, 1.165) is 36.5 Å². The molecule has 3 N–H and O–H groups in total. The summed E-state index contributed by atoms with van der Waals surface area (Å²) in [6.45, 7) is 7.89. The van der Waals surface area contributed by atoms with Crippen molar-refractivity contribution in [2.24, 2.45) is 4.99 Å². The minimum absolute atomic E-state index is 0. The molecule has 0 fully saturated rings. The molecule has 0 saturated heterocycles. The quantitative estimate of drug-likeness (QED) is 0.262. The van der Waals surface area contributed by atoms with E-state index < -0.39 is 6.10 Å². The molecule has 6 nitrogen and oxygen atoms in total. The molecule has 2 aromatic rings. The molecule has 1 aromatic heterocycles. The highest BCUT2D eigenvalue weighted by Gasteiger charge is 2.08. The lowest BCUT2D eigenvalue weighted by Gasteiger charge is -2.14. The average Bonchev–Trinajstić information content (AvgIpc) is 3.17. The Hall–Kier alpha value is -1.74. The van der Waals surface area contributed by atoms with E-state index >= 15 is 0 Å². The van der Waals surface area contributed by atoms with E-state index in [1.54, 1.807) is 6.26 Å². The fourth-order valence-electron chi connectivity index (χ4n) is 2.50. The van der Waals surface area contributed by atoms with Gasteiger partial charge in [0.15, 0.2) is 5.96 Å². The second-order valence-electron chi connectivity index (χ2n) is 6.62. The Morgan fingerprint density at radius 1 is 1.14 bits per heavy atom. The van der Waals surface area contributed by atoms with Gasteiger partial charge in [-0.15, -0.1) is 24.0 Å². The number of halogens is 1. The van der Waals surface area contributed by atoms with Gasteiger partial charge in [0.05, 0.1) is 25.0 Å². The molecule has 28 heavy (non-hydrogen) atoms. The van der Waals surface area contributed by atoms with Gasteiger partial charge < -0.3 is 24.9 Å². The van der Waals surface area contributed by atoms with E-state index in [4.69, 9.17) is 9.15 Å². The number of aliphatic imine (C=N–C) groups is 1. The third kappa shape index (κ3) is 8.97. The standard InChI is InChI=1S/C21H31N3O3.HI/c1-4-12-22-21(23-13-11-18-6-5-14-26-18)24-15-20(25)17-7-9-19(10-8-17)27-16(2)3;/h5-10,14,16,20,25H,4,11-13,15H2,1-3H3,(H2,22,23,24);1H. The zero-order chi connectivity index (χ0) is 19.5. The summed E-state index contributed by atoms with van der Waals surface area (Å²) in [7, 11) is 0. The van der Waals surface area contributed by atoms with Crippen molar-refractivity contribution in [3.8, 4) is 5.75 Å². The summed E-state index contributed by atoms with van der Waals surface area (Å²) in [5, 5.41) is 17.0. The first-order valence-corrected chi connectivity index (χ1v) is 9.57. The van der Waals surface area contributed by atoms with Gasteiger partial charge in [0.2, 0.25) is 0 Å². The first kappa shape index (κ1) is 24.3. The Morgan fingerprint density at radius 3 is 2.46 bits per heavy atom. The van der Waals surface area contributed by atoms with Gasteiger partial charge in [-0.1, -0.05) is 19.1 Å². The van der Waals surface area contributed by atoms with Crippen LogP contribution in [0, 0.1) is 0 Å². The lowest BCUT2D eigenvalue weighted by Crippen LogP contribution is -2.39. The number of aliphatic hydroxyl groups excluding tert-OH is 1. The predicted molar refractivity (Wildman–Crippen MR) is 124 cm³/mol. The van der Waals surface area contributed by atoms with Crippen LogP contribution >= 0.6 is 24.0 Å². The van der Waals surface area contributed by atoms with Crippen LogP contribution in [0.1, 0.15) is 44.6 Å². The normalized spacial score (nSPS) is 12.4. The predicted octanol–water partition coefficient (Wildman–Crippen LogP) is 3.91. The molecule has 1 aromatic carbocycles. The van der Waals surface area contributed by atoms with Gasteiger partial charge in [0.25, 0.3) is 0 Å². The summed E-state index contributed by atoms with van der Waals surface area (Å²) >= 11 is 0. The first-order valence-electron chi connectivity index (χ1n) is 9.57. The van der Waals surface area contributed by atoms with Crippen molar-refractivity contribution in [1.29, 1.82) is 0 Å². The van der Waals surface area contributed by atoms with E-state index in [1.807, 2.05) is 50.2 Å². The van der Waals surface area contributed by atoms with Gasteiger partial charge in [-0.05, 0) is 50.1 Å². The van der Waals surface area contributed by atoms with Gasteiger partial charge in [0.1, 0.15) is 11.5 Å². The van der Waals surface area contributed by atoms with Gasteiger partial charge in [-0.3, -0.25) is 4.99 Å². The molecule has 0 spiro atoms. The van der Waals surface area contributed by atoms with Crippen molar-refractivity contribution in [2.75, 3.05) is 19.6 Å². The van der Waals surface area contributed by atoms with Gasteiger partial charge in [-0.25, -0.2) is 0 Å². The minimum atomic E-state index is -0.664. The van der Waals surface area contributed by atoms with E-state index in [1.165, 1.54) is 0 Å². The zero-order valence-corrected chi connectivity index (χ0v) is 19.2. The maximum absolute atomic E-state index is 10.4. The molecule has 7 heteroatoms. The Balaban J connectivity index is 0.00000392. The molecule has 0 aliphatic heterocycles. The number of hydrogen-bond acceptors (Lipinski definition) is 4. The van der Waals surface area contributed by atoms with Crippen molar-refractivity contribution in [1.82, 2.24) is 10.6 Å². The number of ether oxygens (including phenoxy) is 1. The fraction of sp³-hybridized carbons (Fsp3) is 0.476. The van der Waals surface area contributed by atoms with Crippen LogP contribution in [0.4, 0.5) is 0 Å². The third-order valence-electron chi connectivity index (χ3n) is 3.85. The Morgan fingerprint density at radius 2 is 1.86 bits per heavy atom. The number of nitrogens with one attached hydrogen (secondary N) is 2. The molecule has 0 aliphatic rings. The molecule has 2 rings (SSSR count). The fourth-order valence-corrected chi connectivity index (χ4v) is 2.50. The summed E-state index contributed by atoms with van der Waals surface area (Å²) in [6.07, 6.45) is 2.92.